The normalized spacial score (nSPS) is 23.8. The van der Waals surface area contributed by atoms with Gasteiger partial charge in [0, 0.05) is 29.2 Å². The maximum absolute atomic E-state index is 5.39. The smallest absolute Gasteiger partial charge is 0.137 e. The molecule has 0 bridgehead atoms. The summed E-state index contributed by atoms with van der Waals surface area (Å²) in [5, 5.41) is 5.06. The molecule has 3 aromatic carbocycles. The highest BCUT2D eigenvalue weighted by Gasteiger charge is 2.31. The predicted octanol–water partition coefficient (Wildman–Crippen LogP) is 7.87. The molecule has 0 saturated carbocycles. The number of nitrogens with zero attached hydrogens (tertiary/aromatic N) is 2. The highest BCUT2D eigenvalue weighted by Crippen LogP contribution is 2.42. The molecule has 2 heteroatoms. The summed E-state index contributed by atoms with van der Waals surface area (Å²) in [6.45, 7) is 0. The first-order valence-corrected chi connectivity index (χ1v) is 15.1. The lowest BCUT2D eigenvalue weighted by Crippen LogP contribution is -2.28. The van der Waals surface area contributed by atoms with E-state index in [4.69, 9.17) is 9.97 Å². The van der Waals surface area contributed by atoms with Crippen LogP contribution in [-0.2, 0) is 0 Å². The molecule has 202 valence electrons. The zero-order valence-corrected chi connectivity index (χ0v) is 23.5. The maximum atomic E-state index is 5.39. The van der Waals surface area contributed by atoms with Gasteiger partial charge in [0.15, 0.2) is 0 Å². The second-order valence-electron chi connectivity index (χ2n) is 11.7. The number of allylic oxidation sites excluding steroid dienone is 12. The average molecular weight is 541 g/mol. The van der Waals surface area contributed by atoms with Crippen molar-refractivity contribution in [1.29, 1.82) is 0 Å². The third-order valence-electron chi connectivity index (χ3n) is 9.06. The Bertz CT molecular complexity index is 2020. The van der Waals surface area contributed by atoms with E-state index in [1.165, 1.54) is 32.4 Å². The van der Waals surface area contributed by atoms with Gasteiger partial charge >= 0.3 is 0 Å². The molecule has 0 saturated heterocycles. The Hall–Kier alpha value is -4.82. The molecule has 4 atom stereocenters. The van der Waals surface area contributed by atoms with Crippen molar-refractivity contribution < 1.29 is 0 Å². The standard InChI is InChI=1S/C40H32N2/c1-2-10-27(11-3-1)35-24-32-16-8-9-17-36(32)37(25-35)40-41-38(33-20-18-28-12-4-6-14-30(28)22-33)26-39(42-40)34-21-19-29-13-5-7-15-31(29)23-34/h1-10,12-20,22-27,34,36-37H,11,21H2/t27-,34?,36?,37?/m0/s1. The average Bonchev–Trinajstić information content (AvgIpc) is 3.07. The first-order chi connectivity index (χ1) is 20.8. The summed E-state index contributed by atoms with van der Waals surface area (Å²) in [6, 6.07) is 26.1. The van der Waals surface area contributed by atoms with Crippen molar-refractivity contribution in [2.75, 3.05) is 0 Å². The van der Waals surface area contributed by atoms with Gasteiger partial charge in [-0.2, -0.15) is 0 Å². The molecule has 0 fully saturated rings. The molecule has 3 unspecified atom stereocenters. The minimum Gasteiger partial charge on any atom is -0.237 e. The maximum Gasteiger partial charge on any atom is 0.137 e. The van der Waals surface area contributed by atoms with E-state index in [-0.39, 0.29) is 17.8 Å². The first kappa shape index (κ1) is 24.9. The van der Waals surface area contributed by atoms with E-state index in [1.807, 2.05) is 0 Å². The van der Waals surface area contributed by atoms with Gasteiger partial charge in [-0.3, -0.25) is 0 Å². The summed E-state index contributed by atoms with van der Waals surface area (Å²) in [7, 11) is 0. The molecule has 4 aliphatic carbocycles. The third-order valence-corrected chi connectivity index (χ3v) is 9.06. The highest BCUT2D eigenvalue weighted by atomic mass is 14.9. The molecule has 8 rings (SSSR count). The number of benzene rings is 3. The van der Waals surface area contributed by atoms with Crippen LogP contribution in [0.25, 0.3) is 34.2 Å². The summed E-state index contributed by atoms with van der Waals surface area (Å²) in [5.74, 6) is 1.79. The topological polar surface area (TPSA) is 25.8 Å². The van der Waals surface area contributed by atoms with E-state index >= 15 is 0 Å². The predicted molar refractivity (Wildman–Crippen MR) is 174 cm³/mol. The lowest BCUT2D eigenvalue weighted by atomic mass is 9.74. The van der Waals surface area contributed by atoms with E-state index in [9.17, 15) is 0 Å². The van der Waals surface area contributed by atoms with Gasteiger partial charge in [-0.25, -0.2) is 9.97 Å². The molecule has 0 amide bonds. The van der Waals surface area contributed by atoms with Crippen molar-refractivity contribution in [3.63, 3.8) is 0 Å². The Kier molecular flexibility index (Phi) is 6.26. The van der Waals surface area contributed by atoms with Gasteiger partial charge in [-0.1, -0.05) is 134 Å². The van der Waals surface area contributed by atoms with Crippen LogP contribution >= 0.6 is 0 Å². The van der Waals surface area contributed by atoms with Gasteiger partial charge in [-0.05, 0) is 57.3 Å². The summed E-state index contributed by atoms with van der Waals surface area (Å²) in [6.07, 6.45) is 29.4. The fourth-order valence-corrected chi connectivity index (χ4v) is 6.80. The van der Waals surface area contributed by atoms with E-state index in [0.717, 1.165) is 35.6 Å². The number of fused-ring (bicyclic) bond motifs is 3. The molecule has 1 aromatic heterocycles. The molecule has 1 heterocycles. The van der Waals surface area contributed by atoms with Crippen molar-refractivity contribution in [1.82, 2.24) is 9.97 Å². The molecule has 0 N–H and O–H groups in total. The van der Waals surface area contributed by atoms with Gasteiger partial charge in [-0.15, -0.1) is 0 Å². The zero-order chi connectivity index (χ0) is 27.9. The van der Waals surface area contributed by atoms with E-state index in [0.29, 0.717) is 5.92 Å². The summed E-state index contributed by atoms with van der Waals surface area (Å²) >= 11 is 0. The molecule has 0 aliphatic heterocycles. The van der Waals surface area contributed by atoms with Gasteiger partial charge in [0.25, 0.3) is 0 Å². The molecule has 2 nitrogen and oxygen atoms in total. The zero-order valence-electron chi connectivity index (χ0n) is 23.5. The second kappa shape index (κ2) is 10.5. The SMILES string of the molecule is C1=CC[C@@H](C2=CC(c3nc(-c4ccc5ccccc5c4)cc(C4C=c5ccccc5=CC4)n3)C3C=CC=CC3=C2)C=C1. The number of hydrogen-bond donors (Lipinski definition) is 0. The highest BCUT2D eigenvalue weighted by molar-refractivity contribution is 5.86. The molecule has 0 radical (unpaired) electrons. The van der Waals surface area contributed by atoms with Gasteiger partial charge in [0.2, 0.25) is 0 Å². The molecule has 42 heavy (non-hydrogen) atoms. The van der Waals surface area contributed by atoms with Gasteiger partial charge in [0.1, 0.15) is 5.82 Å². The Morgan fingerprint density at radius 3 is 2.38 bits per heavy atom. The van der Waals surface area contributed by atoms with Crippen molar-refractivity contribution in [2.45, 2.75) is 24.7 Å². The van der Waals surface area contributed by atoms with Crippen molar-refractivity contribution in [3.8, 4) is 11.3 Å². The van der Waals surface area contributed by atoms with Crippen LogP contribution in [0.1, 0.15) is 36.2 Å². The quantitative estimate of drug-likeness (QED) is 0.263. The van der Waals surface area contributed by atoms with Crippen LogP contribution in [0.15, 0.2) is 145 Å². The van der Waals surface area contributed by atoms with Crippen molar-refractivity contribution in [3.05, 3.63) is 167 Å². The minimum atomic E-state index is 0.0690. The summed E-state index contributed by atoms with van der Waals surface area (Å²) in [4.78, 5) is 10.7. The van der Waals surface area contributed by atoms with Crippen LogP contribution in [0.5, 0.6) is 0 Å². The van der Waals surface area contributed by atoms with Crippen LogP contribution in [-0.4, -0.2) is 9.97 Å². The van der Waals surface area contributed by atoms with E-state index in [1.54, 1.807) is 0 Å². The second-order valence-corrected chi connectivity index (χ2v) is 11.7. The Morgan fingerprint density at radius 1 is 0.619 bits per heavy atom. The van der Waals surface area contributed by atoms with Gasteiger partial charge in [0.05, 0.1) is 11.4 Å². The van der Waals surface area contributed by atoms with Crippen LogP contribution in [0.3, 0.4) is 0 Å². The Morgan fingerprint density at radius 2 is 1.48 bits per heavy atom. The molecule has 4 aliphatic rings. The molecule has 4 aromatic rings. The fraction of sp³-hybridized carbons (Fsp3) is 0.150. The van der Waals surface area contributed by atoms with Gasteiger partial charge < -0.3 is 0 Å². The fourth-order valence-electron chi connectivity index (χ4n) is 6.80. The third kappa shape index (κ3) is 4.63. The molecular weight excluding hydrogens is 508 g/mol. The minimum absolute atomic E-state index is 0.0690. The first-order valence-electron chi connectivity index (χ1n) is 15.1. The van der Waals surface area contributed by atoms with Crippen LogP contribution in [0.2, 0.25) is 0 Å². The lowest BCUT2D eigenvalue weighted by Gasteiger charge is -2.31. The number of aromatic nitrogens is 2. The lowest BCUT2D eigenvalue weighted by molar-refractivity contribution is 0.608. The Balaban J connectivity index is 1.29. The van der Waals surface area contributed by atoms with E-state index in [2.05, 4.69) is 146 Å². The summed E-state index contributed by atoms with van der Waals surface area (Å²) in [5.41, 5.74) is 5.93. The van der Waals surface area contributed by atoms with Crippen molar-refractivity contribution in [2.24, 2.45) is 11.8 Å². The molecular formula is C40H32N2. The van der Waals surface area contributed by atoms with Crippen LogP contribution in [0, 0.1) is 11.8 Å². The largest absolute Gasteiger partial charge is 0.237 e. The Labute approximate surface area is 246 Å². The monoisotopic (exact) mass is 540 g/mol. The number of hydrogen-bond acceptors (Lipinski definition) is 2. The van der Waals surface area contributed by atoms with Crippen molar-refractivity contribution >= 4 is 22.9 Å². The van der Waals surface area contributed by atoms with Crippen LogP contribution < -0.4 is 10.4 Å². The number of rotatable bonds is 4. The van der Waals surface area contributed by atoms with E-state index < -0.39 is 0 Å². The van der Waals surface area contributed by atoms with Crippen LogP contribution in [0.4, 0.5) is 0 Å². The summed E-state index contributed by atoms with van der Waals surface area (Å²) < 4.78 is 0. The molecule has 0 spiro atoms.